The molecule has 1 aliphatic rings. The van der Waals surface area contributed by atoms with Crippen LogP contribution >= 0.6 is 0 Å². The highest BCUT2D eigenvalue weighted by Crippen LogP contribution is 2.35. The van der Waals surface area contributed by atoms with Gasteiger partial charge in [0.15, 0.2) is 0 Å². The summed E-state index contributed by atoms with van der Waals surface area (Å²) in [6.45, 7) is 8.66. The van der Waals surface area contributed by atoms with E-state index < -0.39 is 5.97 Å². The number of carboxylic acid groups (broad SMARTS) is 1. The van der Waals surface area contributed by atoms with Gasteiger partial charge >= 0.3 is 5.97 Å². The third-order valence-electron chi connectivity index (χ3n) is 5.62. The molecule has 1 amide bonds. The third-order valence-corrected chi connectivity index (χ3v) is 5.62. The molecule has 1 aromatic heterocycles. The van der Waals surface area contributed by atoms with Gasteiger partial charge in [-0.25, -0.2) is 4.98 Å². The number of hydrogen-bond acceptors (Lipinski definition) is 4. The highest BCUT2D eigenvalue weighted by atomic mass is 16.5. The summed E-state index contributed by atoms with van der Waals surface area (Å²) in [6.07, 6.45) is 0.777. The van der Waals surface area contributed by atoms with Gasteiger partial charge < -0.3 is 19.3 Å². The first-order valence-electron chi connectivity index (χ1n) is 10.5. The number of imidazole rings is 1. The van der Waals surface area contributed by atoms with Gasteiger partial charge in [-0.05, 0) is 63.1 Å². The number of rotatable bonds is 6. The maximum Gasteiger partial charge on any atom is 0.323 e. The molecule has 7 nitrogen and oxygen atoms in total. The van der Waals surface area contributed by atoms with E-state index in [1.165, 1.54) is 4.90 Å². The number of aryl methyl sites for hydroxylation is 2. The zero-order valence-corrected chi connectivity index (χ0v) is 18.3. The van der Waals surface area contributed by atoms with Crippen LogP contribution in [0.3, 0.4) is 0 Å². The van der Waals surface area contributed by atoms with Gasteiger partial charge in [0, 0.05) is 25.1 Å². The van der Waals surface area contributed by atoms with Crippen LogP contribution in [0.15, 0.2) is 36.4 Å². The van der Waals surface area contributed by atoms with E-state index in [9.17, 15) is 14.7 Å². The maximum absolute atomic E-state index is 13.2. The Morgan fingerprint density at radius 3 is 2.71 bits per heavy atom. The van der Waals surface area contributed by atoms with Crippen LogP contribution in [0.5, 0.6) is 5.75 Å². The molecule has 7 heteroatoms. The first-order chi connectivity index (χ1) is 14.7. The average molecular weight is 421 g/mol. The predicted molar refractivity (Wildman–Crippen MR) is 117 cm³/mol. The molecule has 0 aliphatic carbocycles. The number of nitrogens with zero attached hydrogens (tertiary/aromatic N) is 3. The van der Waals surface area contributed by atoms with E-state index in [-0.39, 0.29) is 24.6 Å². The fraction of sp³-hybridized carbons (Fsp3) is 0.375. The summed E-state index contributed by atoms with van der Waals surface area (Å²) >= 11 is 0. The lowest BCUT2D eigenvalue weighted by atomic mass is 10.00. The molecule has 0 spiro atoms. The zero-order valence-electron chi connectivity index (χ0n) is 18.3. The number of hydrogen-bond donors (Lipinski definition) is 1. The molecule has 2 heterocycles. The summed E-state index contributed by atoms with van der Waals surface area (Å²) in [6, 6.07) is 11.1. The maximum atomic E-state index is 13.2. The van der Waals surface area contributed by atoms with Gasteiger partial charge in [-0.2, -0.15) is 0 Å². The van der Waals surface area contributed by atoms with Crippen LogP contribution in [-0.2, 0) is 24.3 Å². The van der Waals surface area contributed by atoms with Crippen LogP contribution in [0.25, 0.3) is 11.0 Å². The number of aliphatic carboxylic acids is 1. The molecule has 3 aromatic rings. The number of ether oxygens (including phenoxy) is 1. The summed E-state index contributed by atoms with van der Waals surface area (Å²) < 4.78 is 7.99. The molecule has 1 aliphatic heterocycles. The fourth-order valence-electron chi connectivity index (χ4n) is 4.31. The Balaban J connectivity index is 1.62. The van der Waals surface area contributed by atoms with Crippen LogP contribution in [-0.4, -0.2) is 43.6 Å². The largest absolute Gasteiger partial charge is 0.487 e. The lowest BCUT2D eigenvalue weighted by Gasteiger charge is -2.21. The van der Waals surface area contributed by atoms with Crippen molar-refractivity contribution in [2.75, 3.05) is 6.54 Å². The minimum Gasteiger partial charge on any atom is -0.487 e. The Morgan fingerprint density at radius 1 is 1.23 bits per heavy atom. The van der Waals surface area contributed by atoms with Crippen molar-refractivity contribution in [3.8, 4) is 5.75 Å². The van der Waals surface area contributed by atoms with Gasteiger partial charge in [-0.3, -0.25) is 9.59 Å². The number of amides is 1. The molecule has 31 heavy (non-hydrogen) atoms. The second-order valence-electron chi connectivity index (χ2n) is 8.64. The van der Waals surface area contributed by atoms with E-state index in [0.717, 1.165) is 46.7 Å². The second-order valence-corrected chi connectivity index (χ2v) is 8.64. The smallest absolute Gasteiger partial charge is 0.323 e. The van der Waals surface area contributed by atoms with Crippen molar-refractivity contribution < 1.29 is 19.4 Å². The van der Waals surface area contributed by atoms with Crippen molar-refractivity contribution in [1.29, 1.82) is 0 Å². The Bertz CT molecular complexity index is 1180. The number of carboxylic acids is 1. The summed E-state index contributed by atoms with van der Waals surface area (Å²) in [5, 5.41) is 9.40. The molecular weight excluding hydrogens is 394 g/mol. The van der Waals surface area contributed by atoms with Gasteiger partial charge in [0.05, 0.1) is 11.0 Å². The number of aromatic nitrogens is 2. The molecule has 0 atom stereocenters. The third kappa shape index (κ3) is 4.13. The van der Waals surface area contributed by atoms with E-state index >= 15 is 0 Å². The van der Waals surface area contributed by atoms with E-state index in [1.807, 2.05) is 52.0 Å². The monoisotopic (exact) mass is 421 g/mol. The van der Waals surface area contributed by atoms with Gasteiger partial charge in [-0.1, -0.05) is 12.1 Å². The van der Waals surface area contributed by atoms with Crippen LogP contribution < -0.4 is 4.74 Å². The number of carbonyl (C=O) groups excluding carboxylic acids is 1. The first kappa shape index (κ1) is 20.9. The molecule has 0 saturated heterocycles. The van der Waals surface area contributed by atoms with Gasteiger partial charge in [-0.15, -0.1) is 0 Å². The molecule has 162 valence electrons. The minimum atomic E-state index is -1.05. The molecule has 0 radical (unpaired) electrons. The lowest BCUT2D eigenvalue weighted by Crippen LogP contribution is -2.35. The molecular formula is C24H27N3O4. The summed E-state index contributed by atoms with van der Waals surface area (Å²) in [5.41, 5.74) is 3.82. The Labute approximate surface area is 181 Å². The van der Waals surface area contributed by atoms with Crippen LogP contribution in [0.2, 0.25) is 0 Å². The van der Waals surface area contributed by atoms with E-state index in [0.29, 0.717) is 5.56 Å². The minimum absolute atomic E-state index is 0.208. The molecule has 0 saturated carbocycles. The highest BCUT2D eigenvalue weighted by molar-refractivity contribution is 5.98. The predicted octanol–water partition coefficient (Wildman–Crippen LogP) is 3.81. The average Bonchev–Trinajstić information content (AvgIpc) is 3.18. The van der Waals surface area contributed by atoms with Crippen molar-refractivity contribution in [3.63, 3.8) is 0 Å². The Hall–Kier alpha value is -3.35. The zero-order chi connectivity index (χ0) is 22.3. The number of benzene rings is 2. The van der Waals surface area contributed by atoms with Crippen molar-refractivity contribution in [2.45, 2.75) is 52.8 Å². The fourth-order valence-corrected chi connectivity index (χ4v) is 4.31. The Morgan fingerprint density at radius 2 is 2.00 bits per heavy atom. The van der Waals surface area contributed by atoms with Crippen molar-refractivity contribution in [2.24, 2.45) is 0 Å². The van der Waals surface area contributed by atoms with Crippen molar-refractivity contribution >= 4 is 22.9 Å². The SMILES string of the molecule is CCn1c(C)nc2cc(C(=O)N(CC(=O)O)Cc3ccc4c(c3)CC(C)(C)O4)ccc21. The quantitative estimate of drug-likeness (QED) is 0.654. The molecule has 0 unspecified atom stereocenters. The second kappa shape index (κ2) is 7.72. The summed E-state index contributed by atoms with van der Waals surface area (Å²) in [5.74, 6) is 0.348. The summed E-state index contributed by atoms with van der Waals surface area (Å²) in [7, 11) is 0. The van der Waals surface area contributed by atoms with Crippen LogP contribution in [0.1, 0.15) is 48.1 Å². The Kier molecular flexibility index (Phi) is 5.21. The molecule has 0 fully saturated rings. The van der Waals surface area contributed by atoms with Crippen molar-refractivity contribution in [3.05, 3.63) is 58.9 Å². The van der Waals surface area contributed by atoms with Crippen molar-refractivity contribution in [1.82, 2.24) is 14.5 Å². The van der Waals surface area contributed by atoms with Gasteiger partial charge in [0.2, 0.25) is 0 Å². The highest BCUT2D eigenvalue weighted by Gasteiger charge is 2.30. The van der Waals surface area contributed by atoms with Crippen LogP contribution in [0, 0.1) is 6.92 Å². The molecule has 0 bridgehead atoms. The molecule has 2 aromatic carbocycles. The number of carbonyl (C=O) groups is 2. The molecule has 4 rings (SSSR count). The molecule has 1 N–H and O–H groups in total. The van der Waals surface area contributed by atoms with Gasteiger partial charge in [0.25, 0.3) is 5.91 Å². The van der Waals surface area contributed by atoms with Gasteiger partial charge in [0.1, 0.15) is 23.7 Å². The number of fused-ring (bicyclic) bond motifs is 2. The standard InChI is InChI=1S/C24H27N3O4/c1-5-27-15(2)25-19-11-17(7-8-20(19)27)23(30)26(14-22(28)29)13-16-6-9-21-18(10-16)12-24(3,4)31-21/h6-11H,5,12-14H2,1-4H3,(H,28,29). The summed E-state index contributed by atoms with van der Waals surface area (Å²) in [4.78, 5) is 30.6. The van der Waals surface area contributed by atoms with E-state index in [1.54, 1.807) is 12.1 Å². The van der Waals surface area contributed by atoms with E-state index in [2.05, 4.69) is 9.55 Å². The normalized spacial score (nSPS) is 14.3. The lowest BCUT2D eigenvalue weighted by molar-refractivity contribution is -0.137. The van der Waals surface area contributed by atoms with Crippen LogP contribution in [0.4, 0.5) is 0 Å². The first-order valence-corrected chi connectivity index (χ1v) is 10.5. The van der Waals surface area contributed by atoms with E-state index in [4.69, 9.17) is 4.74 Å². The topological polar surface area (TPSA) is 84.7 Å².